The van der Waals surface area contributed by atoms with Gasteiger partial charge in [-0.2, -0.15) is 0 Å². The summed E-state index contributed by atoms with van der Waals surface area (Å²) >= 11 is 0. The van der Waals surface area contributed by atoms with Crippen molar-refractivity contribution in [3.8, 4) is 0 Å². The van der Waals surface area contributed by atoms with E-state index in [0.29, 0.717) is 6.73 Å². The van der Waals surface area contributed by atoms with Gasteiger partial charge in [0.05, 0.1) is 11.7 Å². The molecule has 0 radical (unpaired) electrons. The van der Waals surface area contributed by atoms with E-state index in [4.69, 9.17) is 9.84 Å². The van der Waals surface area contributed by atoms with Gasteiger partial charge in [-0.15, -0.1) is 0 Å². The topological polar surface area (TPSA) is 76.4 Å². The summed E-state index contributed by atoms with van der Waals surface area (Å²) in [7, 11) is -1.07. The monoisotopic (exact) mass is 321 g/mol. The molecule has 2 rings (SSSR count). The summed E-state index contributed by atoms with van der Waals surface area (Å²) in [6, 6.07) is 3.11. The van der Waals surface area contributed by atoms with E-state index in [1.165, 1.54) is 0 Å². The highest BCUT2D eigenvalue weighted by Crippen LogP contribution is 2.19. The van der Waals surface area contributed by atoms with Crippen LogP contribution in [0.1, 0.15) is 5.56 Å². The molecule has 0 unspecified atom stereocenters. The van der Waals surface area contributed by atoms with Crippen LogP contribution in [0.3, 0.4) is 0 Å². The molecule has 2 N–H and O–H groups in total. The van der Waals surface area contributed by atoms with Crippen LogP contribution in [0.5, 0.6) is 0 Å². The lowest BCUT2D eigenvalue weighted by atomic mass is 10.2. The molecule has 0 spiro atoms. The van der Waals surface area contributed by atoms with Crippen LogP contribution in [0.25, 0.3) is 10.9 Å². The van der Waals surface area contributed by atoms with E-state index >= 15 is 0 Å². The number of amides is 1. The molecule has 120 valence electrons. The van der Waals surface area contributed by atoms with Crippen molar-refractivity contribution in [2.75, 3.05) is 6.61 Å². The highest BCUT2D eigenvalue weighted by molar-refractivity contribution is 6.76. The average molecular weight is 321 g/mol. The average Bonchev–Trinajstić information content (AvgIpc) is 2.84. The minimum absolute atomic E-state index is 0.250. The molecule has 0 aliphatic carbocycles. The van der Waals surface area contributed by atoms with E-state index in [1.54, 1.807) is 12.4 Å². The number of nitrogens with one attached hydrogen (secondary N) is 1. The van der Waals surface area contributed by atoms with Crippen molar-refractivity contribution in [2.24, 2.45) is 0 Å². The Bertz CT molecular complexity index is 649. The van der Waals surface area contributed by atoms with Gasteiger partial charge in [-0.05, 0) is 17.7 Å². The zero-order valence-electron chi connectivity index (χ0n) is 13.3. The molecule has 2 heterocycles. The standard InChI is InChI=1S/C15H23N3O3Si/c1-22(2,3)7-6-21-11-18-5-4-13-12(9-17-15(19)20)8-16-10-14(13)18/h4-5,8,10,17H,6-7,9,11H2,1-3H3,(H,19,20). The van der Waals surface area contributed by atoms with E-state index in [1.807, 2.05) is 16.8 Å². The molecule has 0 atom stereocenters. The number of pyridine rings is 1. The second kappa shape index (κ2) is 6.93. The number of hydrogen-bond acceptors (Lipinski definition) is 3. The number of carboxylic acid groups (broad SMARTS) is 1. The quantitative estimate of drug-likeness (QED) is 0.607. The number of nitrogens with zero attached hydrogens (tertiary/aromatic N) is 2. The molecule has 0 aromatic carbocycles. The normalized spacial score (nSPS) is 11.8. The Labute approximate surface area is 131 Å². The van der Waals surface area contributed by atoms with Gasteiger partial charge in [-0.1, -0.05) is 19.6 Å². The molecule has 2 aromatic heterocycles. The van der Waals surface area contributed by atoms with Crippen LogP contribution in [-0.2, 0) is 18.0 Å². The van der Waals surface area contributed by atoms with Crippen molar-refractivity contribution >= 4 is 25.1 Å². The van der Waals surface area contributed by atoms with Gasteiger partial charge in [0.2, 0.25) is 0 Å². The summed E-state index contributed by atoms with van der Waals surface area (Å²) in [4.78, 5) is 14.8. The van der Waals surface area contributed by atoms with Gasteiger partial charge in [0.15, 0.2) is 0 Å². The third-order valence-corrected chi connectivity index (χ3v) is 5.14. The highest BCUT2D eigenvalue weighted by atomic mass is 28.3. The van der Waals surface area contributed by atoms with Gasteiger partial charge in [-0.25, -0.2) is 4.79 Å². The lowest BCUT2D eigenvalue weighted by Crippen LogP contribution is -2.22. The van der Waals surface area contributed by atoms with E-state index in [-0.39, 0.29) is 6.54 Å². The maximum Gasteiger partial charge on any atom is 0.404 e. The van der Waals surface area contributed by atoms with Crippen molar-refractivity contribution in [3.05, 3.63) is 30.2 Å². The Morgan fingerprint density at radius 1 is 1.41 bits per heavy atom. The van der Waals surface area contributed by atoms with E-state index in [9.17, 15) is 4.79 Å². The molecular weight excluding hydrogens is 298 g/mol. The molecule has 7 heteroatoms. The molecule has 22 heavy (non-hydrogen) atoms. The molecule has 2 aromatic rings. The van der Waals surface area contributed by atoms with Crippen LogP contribution in [0.2, 0.25) is 25.7 Å². The minimum Gasteiger partial charge on any atom is -0.465 e. The summed E-state index contributed by atoms with van der Waals surface area (Å²) in [5.74, 6) is 0. The second-order valence-electron chi connectivity index (χ2n) is 6.52. The Hall–Kier alpha value is -1.86. The molecule has 0 saturated heterocycles. The molecule has 0 aliphatic rings. The third-order valence-electron chi connectivity index (χ3n) is 3.44. The van der Waals surface area contributed by atoms with E-state index < -0.39 is 14.2 Å². The lowest BCUT2D eigenvalue weighted by Gasteiger charge is -2.15. The molecule has 0 fully saturated rings. The minimum atomic E-state index is -1.07. The number of carbonyl (C=O) groups is 1. The fourth-order valence-electron chi connectivity index (χ4n) is 2.13. The molecule has 0 aliphatic heterocycles. The smallest absolute Gasteiger partial charge is 0.404 e. The van der Waals surface area contributed by atoms with Crippen LogP contribution < -0.4 is 5.32 Å². The zero-order valence-corrected chi connectivity index (χ0v) is 14.3. The van der Waals surface area contributed by atoms with Crippen LogP contribution in [0.4, 0.5) is 4.79 Å². The first-order valence-corrected chi connectivity index (χ1v) is 11.0. The van der Waals surface area contributed by atoms with Gasteiger partial charge in [0.25, 0.3) is 0 Å². The fourth-order valence-corrected chi connectivity index (χ4v) is 2.89. The fraction of sp³-hybridized carbons (Fsp3) is 0.467. The van der Waals surface area contributed by atoms with Gasteiger partial charge >= 0.3 is 6.09 Å². The largest absolute Gasteiger partial charge is 0.465 e. The Morgan fingerprint density at radius 3 is 2.86 bits per heavy atom. The Morgan fingerprint density at radius 2 is 2.18 bits per heavy atom. The second-order valence-corrected chi connectivity index (χ2v) is 12.1. The summed E-state index contributed by atoms with van der Waals surface area (Å²) < 4.78 is 7.76. The first-order valence-electron chi connectivity index (χ1n) is 7.33. The highest BCUT2D eigenvalue weighted by Gasteiger charge is 2.12. The van der Waals surface area contributed by atoms with Crippen LogP contribution in [-0.4, -0.2) is 35.4 Å². The number of hydrogen-bond donors (Lipinski definition) is 2. The van der Waals surface area contributed by atoms with Crippen molar-refractivity contribution in [1.82, 2.24) is 14.9 Å². The Kier molecular flexibility index (Phi) is 5.20. The van der Waals surface area contributed by atoms with Crippen LogP contribution in [0.15, 0.2) is 24.7 Å². The molecule has 1 amide bonds. The molecular formula is C15H23N3O3Si. The predicted molar refractivity (Wildman–Crippen MR) is 88.7 cm³/mol. The summed E-state index contributed by atoms with van der Waals surface area (Å²) in [6.07, 6.45) is 4.38. The summed E-state index contributed by atoms with van der Waals surface area (Å²) in [6.45, 7) is 8.49. The van der Waals surface area contributed by atoms with Crippen LogP contribution >= 0.6 is 0 Å². The molecule has 0 saturated carbocycles. The lowest BCUT2D eigenvalue weighted by molar-refractivity contribution is 0.0902. The van der Waals surface area contributed by atoms with Crippen molar-refractivity contribution in [2.45, 2.75) is 39.0 Å². The van der Waals surface area contributed by atoms with E-state index in [0.717, 1.165) is 29.1 Å². The van der Waals surface area contributed by atoms with Crippen LogP contribution in [0, 0.1) is 0 Å². The van der Waals surface area contributed by atoms with Crippen molar-refractivity contribution in [1.29, 1.82) is 0 Å². The Balaban J connectivity index is 2.03. The molecule has 6 nitrogen and oxygen atoms in total. The maximum absolute atomic E-state index is 10.6. The number of rotatable bonds is 7. The number of aromatic nitrogens is 2. The number of ether oxygens (including phenoxy) is 1. The van der Waals surface area contributed by atoms with Gasteiger partial charge in [-0.3, -0.25) is 4.98 Å². The summed E-state index contributed by atoms with van der Waals surface area (Å²) in [5, 5.41) is 12.1. The van der Waals surface area contributed by atoms with Gasteiger partial charge in [0, 0.05) is 39.0 Å². The number of fused-ring (bicyclic) bond motifs is 1. The first-order chi connectivity index (χ1) is 10.4. The predicted octanol–water partition coefficient (Wildman–Crippen LogP) is 3.12. The van der Waals surface area contributed by atoms with Crippen molar-refractivity contribution in [3.63, 3.8) is 0 Å². The zero-order chi connectivity index (χ0) is 16.2. The SMILES string of the molecule is C[Si](C)(C)CCOCn1ccc2c(CNC(=O)O)cncc21. The summed E-state index contributed by atoms with van der Waals surface area (Å²) in [5.41, 5.74) is 1.82. The first kappa shape index (κ1) is 16.5. The van der Waals surface area contributed by atoms with Gasteiger partial charge < -0.3 is 19.7 Å². The molecule has 0 bridgehead atoms. The third kappa shape index (κ3) is 4.57. The van der Waals surface area contributed by atoms with E-state index in [2.05, 4.69) is 29.9 Å². The van der Waals surface area contributed by atoms with Crippen molar-refractivity contribution < 1.29 is 14.6 Å². The van der Waals surface area contributed by atoms with Gasteiger partial charge in [0.1, 0.15) is 6.73 Å². The maximum atomic E-state index is 10.6.